The van der Waals surface area contributed by atoms with Crippen LogP contribution in [0.5, 0.6) is 0 Å². The maximum Gasteiger partial charge on any atom is 0.143 e. The van der Waals surface area contributed by atoms with Gasteiger partial charge in [0.1, 0.15) is 11.2 Å². The molecule has 0 aliphatic carbocycles. The number of nitrogens with zero attached hydrogens (tertiary/aromatic N) is 1. The maximum atomic E-state index is 6.49. The van der Waals surface area contributed by atoms with Crippen molar-refractivity contribution in [3.63, 3.8) is 0 Å². The van der Waals surface area contributed by atoms with Gasteiger partial charge < -0.3 is 9.32 Å². The molecule has 0 saturated carbocycles. The van der Waals surface area contributed by atoms with Crippen LogP contribution in [0.1, 0.15) is 0 Å². The molecule has 260 valence electrons. The molecule has 1 heterocycles. The molecule has 2 heteroatoms. The third-order valence-electron chi connectivity index (χ3n) is 11.8. The summed E-state index contributed by atoms with van der Waals surface area (Å²) in [5.41, 5.74) is 7.64. The van der Waals surface area contributed by atoms with Crippen molar-refractivity contribution in [1.29, 1.82) is 0 Å². The summed E-state index contributed by atoms with van der Waals surface area (Å²) in [6.07, 6.45) is 0. The molecule has 0 spiro atoms. The van der Waals surface area contributed by atoms with Crippen LogP contribution >= 0.6 is 0 Å². The van der Waals surface area contributed by atoms with E-state index in [1.807, 2.05) is 6.07 Å². The predicted octanol–water partition coefficient (Wildman–Crippen LogP) is 15.6. The Bertz CT molecular complexity index is 3420. The smallest absolute Gasteiger partial charge is 0.143 e. The number of para-hydroxylation sites is 1. The summed E-state index contributed by atoms with van der Waals surface area (Å²) in [5.74, 6) is 0. The molecular formula is C54H33NO. The molecule has 0 atom stereocenters. The van der Waals surface area contributed by atoms with Crippen LogP contribution in [0.15, 0.2) is 205 Å². The van der Waals surface area contributed by atoms with E-state index in [0.29, 0.717) is 0 Å². The van der Waals surface area contributed by atoms with Crippen LogP contribution in [0.25, 0.3) is 97.7 Å². The molecule has 1 aromatic heterocycles. The van der Waals surface area contributed by atoms with Gasteiger partial charge in [-0.2, -0.15) is 0 Å². The largest absolute Gasteiger partial charge is 0.455 e. The minimum Gasteiger partial charge on any atom is -0.455 e. The molecule has 0 radical (unpaired) electrons. The first-order valence-electron chi connectivity index (χ1n) is 19.3. The standard InChI is InChI=1S/C54H33NO/c1-3-13-41-37(11-1)32-50(46-17-7-5-15-44(41)46)55(51-33-38-12-2-4-14-42(38)45-16-6-8-18-47(45)51)40-27-23-34(24-28-40)36-26-29-43-39(31-36)22-21-35-25-30-49-48-19-9-10-20-52(48)56-54(49)53(35)43/h1-33H. The highest BCUT2D eigenvalue weighted by atomic mass is 16.3. The van der Waals surface area contributed by atoms with Crippen molar-refractivity contribution in [3.05, 3.63) is 200 Å². The molecule has 12 rings (SSSR count). The average Bonchev–Trinajstić information content (AvgIpc) is 3.65. The Morgan fingerprint density at radius 1 is 0.304 bits per heavy atom. The van der Waals surface area contributed by atoms with Crippen molar-refractivity contribution >= 4 is 104 Å². The molecule has 0 amide bonds. The van der Waals surface area contributed by atoms with Gasteiger partial charge in [0.2, 0.25) is 0 Å². The highest BCUT2D eigenvalue weighted by Gasteiger charge is 2.21. The van der Waals surface area contributed by atoms with Crippen molar-refractivity contribution in [2.24, 2.45) is 0 Å². The third-order valence-corrected chi connectivity index (χ3v) is 11.8. The summed E-state index contributed by atoms with van der Waals surface area (Å²) in [6, 6.07) is 73.0. The van der Waals surface area contributed by atoms with E-state index in [-0.39, 0.29) is 0 Å². The number of hydrogen-bond donors (Lipinski definition) is 0. The molecule has 0 aliphatic rings. The van der Waals surface area contributed by atoms with Crippen molar-refractivity contribution in [2.45, 2.75) is 0 Å². The van der Waals surface area contributed by atoms with E-state index in [1.54, 1.807) is 0 Å². The van der Waals surface area contributed by atoms with Crippen LogP contribution in [0.3, 0.4) is 0 Å². The summed E-state index contributed by atoms with van der Waals surface area (Å²) in [5, 5.41) is 16.9. The summed E-state index contributed by atoms with van der Waals surface area (Å²) >= 11 is 0. The summed E-state index contributed by atoms with van der Waals surface area (Å²) in [6.45, 7) is 0. The number of anilines is 3. The minimum absolute atomic E-state index is 0.922. The molecular weight excluding hydrogens is 679 g/mol. The van der Waals surface area contributed by atoms with Gasteiger partial charge in [0.05, 0.1) is 11.4 Å². The van der Waals surface area contributed by atoms with Crippen LogP contribution in [-0.2, 0) is 0 Å². The van der Waals surface area contributed by atoms with Gasteiger partial charge in [-0.25, -0.2) is 0 Å². The fourth-order valence-corrected chi connectivity index (χ4v) is 9.16. The predicted molar refractivity (Wildman–Crippen MR) is 239 cm³/mol. The SMILES string of the molecule is c1ccc2c(c1)cc(N(c1ccc(-c3ccc4c(ccc5ccc6c7ccccc7oc6c54)c3)cc1)c1cc3ccccc3c3ccccc13)c1ccccc12. The van der Waals surface area contributed by atoms with Crippen LogP contribution in [0.4, 0.5) is 17.1 Å². The zero-order valence-corrected chi connectivity index (χ0v) is 30.4. The number of rotatable bonds is 4. The van der Waals surface area contributed by atoms with Crippen molar-refractivity contribution in [2.75, 3.05) is 4.90 Å². The van der Waals surface area contributed by atoms with Crippen LogP contribution in [0, 0.1) is 0 Å². The fourth-order valence-electron chi connectivity index (χ4n) is 9.16. The zero-order chi connectivity index (χ0) is 36.7. The van der Waals surface area contributed by atoms with Gasteiger partial charge in [-0.15, -0.1) is 0 Å². The van der Waals surface area contributed by atoms with Crippen LogP contribution in [0.2, 0.25) is 0 Å². The number of benzene rings is 11. The summed E-state index contributed by atoms with van der Waals surface area (Å²) in [4.78, 5) is 2.47. The normalized spacial score (nSPS) is 11.9. The quantitative estimate of drug-likeness (QED) is 0.169. The lowest BCUT2D eigenvalue weighted by Gasteiger charge is -2.29. The highest BCUT2D eigenvalue weighted by Crippen LogP contribution is 2.46. The second-order valence-electron chi connectivity index (χ2n) is 14.8. The van der Waals surface area contributed by atoms with E-state index in [0.717, 1.165) is 39.0 Å². The van der Waals surface area contributed by atoms with Gasteiger partial charge >= 0.3 is 0 Å². The van der Waals surface area contributed by atoms with E-state index in [4.69, 9.17) is 4.42 Å². The lowest BCUT2D eigenvalue weighted by Crippen LogP contribution is -2.11. The Morgan fingerprint density at radius 3 is 1.45 bits per heavy atom. The fraction of sp³-hybridized carbons (Fsp3) is 0. The Kier molecular flexibility index (Phi) is 6.66. The molecule has 11 aromatic carbocycles. The third kappa shape index (κ3) is 4.63. The van der Waals surface area contributed by atoms with E-state index >= 15 is 0 Å². The molecule has 2 nitrogen and oxygen atoms in total. The van der Waals surface area contributed by atoms with Crippen LogP contribution < -0.4 is 4.90 Å². The summed E-state index contributed by atoms with van der Waals surface area (Å²) < 4.78 is 6.49. The van der Waals surface area contributed by atoms with E-state index in [2.05, 4.69) is 199 Å². The van der Waals surface area contributed by atoms with E-state index in [1.165, 1.54) is 75.8 Å². The topological polar surface area (TPSA) is 16.4 Å². The molecule has 0 fully saturated rings. The number of hydrogen-bond acceptors (Lipinski definition) is 2. The summed E-state index contributed by atoms with van der Waals surface area (Å²) in [7, 11) is 0. The average molecular weight is 712 g/mol. The van der Waals surface area contributed by atoms with E-state index in [9.17, 15) is 0 Å². The molecule has 0 unspecified atom stereocenters. The molecule has 0 aliphatic heterocycles. The first-order chi connectivity index (χ1) is 27.8. The van der Waals surface area contributed by atoms with Gasteiger partial charge in [-0.1, -0.05) is 158 Å². The van der Waals surface area contributed by atoms with Gasteiger partial charge in [0.15, 0.2) is 0 Å². The zero-order valence-electron chi connectivity index (χ0n) is 30.4. The molecule has 0 N–H and O–H groups in total. The Morgan fingerprint density at radius 2 is 0.786 bits per heavy atom. The monoisotopic (exact) mass is 711 g/mol. The first-order valence-corrected chi connectivity index (χ1v) is 19.3. The second kappa shape index (κ2) is 12.0. The van der Waals surface area contributed by atoms with Gasteiger partial charge in [-0.05, 0) is 102 Å². The van der Waals surface area contributed by atoms with E-state index < -0.39 is 0 Å². The molecule has 12 aromatic rings. The molecule has 56 heavy (non-hydrogen) atoms. The Balaban J connectivity index is 1.05. The lowest BCUT2D eigenvalue weighted by atomic mass is 9.95. The lowest BCUT2D eigenvalue weighted by molar-refractivity contribution is 0.673. The maximum absolute atomic E-state index is 6.49. The van der Waals surface area contributed by atoms with Crippen molar-refractivity contribution < 1.29 is 4.42 Å². The first kappa shape index (κ1) is 31.0. The molecule has 0 saturated heterocycles. The van der Waals surface area contributed by atoms with Crippen molar-refractivity contribution in [1.82, 2.24) is 0 Å². The highest BCUT2D eigenvalue weighted by molar-refractivity contribution is 6.23. The van der Waals surface area contributed by atoms with Gasteiger partial charge in [0, 0.05) is 32.6 Å². The van der Waals surface area contributed by atoms with Gasteiger partial charge in [0.25, 0.3) is 0 Å². The van der Waals surface area contributed by atoms with Crippen LogP contribution in [-0.4, -0.2) is 0 Å². The van der Waals surface area contributed by atoms with Gasteiger partial charge in [-0.3, -0.25) is 0 Å². The minimum atomic E-state index is 0.922. The number of furan rings is 1. The Labute approximate surface area is 323 Å². The second-order valence-corrected chi connectivity index (χ2v) is 14.8. The molecule has 0 bridgehead atoms. The van der Waals surface area contributed by atoms with Crippen molar-refractivity contribution in [3.8, 4) is 11.1 Å². The number of fused-ring (bicyclic) bond motifs is 13. The Hall–Kier alpha value is -7.42.